The van der Waals surface area contributed by atoms with Crippen LogP contribution < -0.4 is 0 Å². The van der Waals surface area contributed by atoms with Crippen LogP contribution in [0, 0.1) is 0 Å². The van der Waals surface area contributed by atoms with E-state index in [9.17, 15) is 9.59 Å². The quantitative estimate of drug-likeness (QED) is 0.776. The molecule has 1 aromatic rings. The second-order valence-electron chi connectivity index (χ2n) is 3.61. The first-order valence-electron chi connectivity index (χ1n) is 5.36. The molecule has 2 amide bonds. The van der Waals surface area contributed by atoms with E-state index in [4.69, 9.17) is 4.74 Å². The summed E-state index contributed by atoms with van der Waals surface area (Å²) in [6, 6.07) is 3.61. The van der Waals surface area contributed by atoms with Crippen molar-refractivity contribution in [1.29, 1.82) is 0 Å². The van der Waals surface area contributed by atoms with Gasteiger partial charge in [0, 0.05) is 19.5 Å². The second-order valence-corrected chi connectivity index (χ2v) is 4.61. The minimum Gasteiger partial charge on any atom is -0.383 e. The van der Waals surface area contributed by atoms with Gasteiger partial charge in [0.1, 0.15) is 0 Å². The van der Waals surface area contributed by atoms with Crippen molar-refractivity contribution in [3.05, 3.63) is 35.0 Å². The molecule has 0 unspecified atom stereocenters. The highest BCUT2D eigenvalue weighted by Crippen LogP contribution is 2.31. The monoisotopic (exact) mass is 264 g/mol. The number of imide groups is 1. The number of aromatic nitrogens is 1. The first-order valence-corrected chi connectivity index (χ1v) is 6.18. The number of pyridine rings is 1. The highest BCUT2D eigenvalue weighted by Gasteiger charge is 2.34. The van der Waals surface area contributed by atoms with E-state index >= 15 is 0 Å². The van der Waals surface area contributed by atoms with Crippen LogP contribution in [0.25, 0.3) is 6.08 Å². The summed E-state index contributed by atoms with van der Waals surface area (Å²) >= 11 is 0.942. The van der Waals surface area contributed by atoms with Gasteiger partial charge in [-0.25, -0.2) is 0 Å². The van der Waals surface area contributed by atoms with Crippen LogP contribution in [-0.4, -0.2) is 41.3 Å². The molecule has 0 N–H and O–H groups in total. The van der Waals surface area contributed by atoms with E-state index in [1.54, 1.807) is 24.5 Å². The number of hydrogen-bond acceptors (Lipinski definition) is 5. The predicted octanol–water partition coefficient (Wildman–Crippen LogP) is 1.76. The maximum absolute atomic E-state index is 12.0. The molecule has 6 heteroatoms. The largest absolute Gasteiger partial charge is 0.383 e. The maximum atomic E-state index is 12.0. The van der Waals surface area contributed by atoms with Gasteiger partial charge in [-0.3, -0.25) is 19.5 Å². The summed E-state index contributed by atoms with van der Waals surface area (Å²) in [7, 11) is 1.53. The molecule has 18 heavy (non-hydrogen) atoms. The van der Waals surface area contributed by atoms with E-state index in [1.165, 1.54) is 12.0 Å². The lowest BCUT2D eigenvalue weighted by Gasteiger charge is -2.10. The molecule has 1 saturated heterocycles. The Kier molecular flexibility index (Phi) is 4.11. The standard InChI is InChI=1S/C12H12N2O3S/c1-17-6-5-14-11(15)10(18-12(14)16)7-9-3-2-4-13-8-9/h2-4,7-8H,5-6H2,1H3/b10-7+. The van der Waals surface area contributed by atoms with E-state index in [2.05, 4.69) is 4.98 Å². The number of carbonyl (C=O) groups is 2. The van der Waals surface area contributed by atoms with Gasteiger partial charge in [-0.1, -0.05) is 6.07 Å². The van der Waals surface area contributed by atoms with E-state index in [0.717, 1.165) is 17.3 Å². The van der Waals surface area contributed by atoms with Crippen LogP contribution in [0.1, 0.15) is 5.56 Å². The zero-order valence-electron chi connectivity index (χ0n) is 9.83. The Hall–Kier alpha value is -1.66. The van der Waals surface area contributed by atoms with Crippen molar-refractivity contribution in [3.8, 4) is 0 Å². The highest BCUT2D eigenvalue weighted by atomic mass is 32.2. The Balaban J connectivity index is 2.15. The summed E-state index contributed by atoms with van der Waals surface area (Å²) < 4.78 is 4.87. The molecule has 1 fully saturated rings. The number of amides is 2. The molecule has 2 heterocycles. The molecule has 1 aromatic heterocycles. The summed E-state index contributed by atoms with van der Waals surface area (Å²) in [5.41, 5.74) is 0.801. The lowest BCUT2D eigenvalue weighted by molar-refractivity contribution is -0.123. The van der Waals surface area contributed by atoms with Crippen LogP contribution in [-0.2, 0) is 9.53 Å². The van der Waals surface area contributed by atoms with Crippen LogP contribution in [0.2, 0.25) is 0 Å². The van der Waals surface area contributed by atoms with Gasteiger partial charge in [0.2, 0.25) is 0 Å². The lowest BCUT2D eigenvalue weighted by Crippen LogP contribution is -2.31. The number of methoxy groups -OCH3 is 1. The molecule has 0 spiro atoms. The third kappa shape index (κ3) is 2.77. The fourth-order valence-electron chi connectivity index (χ4n) is 1.49. The molecule has 0 atom stereocenters. The van der Waals surface area contributed by atoms with Crippen LogP contribution in [0.5, 0.6) is 0 Å². The number of nitrogens with zero attached hydrogens (tertiary/aromatic N) is 2. The van der Waals surface area contributed by atoms with E-state index in [1.807, 2.05) is 6.07 Å². The molecular weight excluding hydrogens is 252 g/mol. The van der Waals surface area contributed by atoms with Gasteiger partial charge in [0.15, 0.2) is 0 Å². The van der Waals surface area contributed by atoms with Gasteiger partial charge in [-0.05, 0) is 29.5 Å². The first-order chi connectivity index (χ1) is 8.72. The Morgan fingerprint density at radius 1 is 1.50 bits per heavy atom. The van der Waals surface area contributed by atoms with E-state index in [0.29, 0.717) is 11.5 Å². The lowest BCUT2D eigenvalue weighted by atomic mass is 10.2. The van der Waals surface area contributed by atoms with Crippen LogP contribution >= 0.6 is 11.8 Å². The third-order valence-corrected chi connectivity index (χ3v) is 3.28. The number of rotatable bonds is 4. The second kappa shape index (κ2) is 5.79. The zero-order chi connectivity index (χ0) is 13.0. The van der Waals surface area contributed by atoms with Crippen molar-refractivity contribution < 1.29 is 14.3 Å². The minimum atomic E-state index is -0.272. The van der Waals surface area contributed by atoms with Crippen molar-refractivity contribution in [2.45, 2.75) is 0 Å². The Bertz CT molecular complexity index is 487. The normalized spacial score (nSPS) is 17.8. The molecule has 0 aliphatic carbocycles. The van der Waals surface area contributed by atoms with Gasteiger partial charge in [0.05, 0.1) is 18.1 Å². The van der Waals surface area contributed by atoms with Crippen LogP contribution in [0.4, 0.5) is 4.79 Å². The number of thioether (sulfide) groups is 1. The van der Waals surface area contributed by atoms with Gasteiger partial charge in [-0.2, -0.15) is 0 Å². The SMILES string of the molecule is COCCN1C(=O)S/C(=C/c2cccnc2)C1=O. The summed E-state index contributed by atoms with van der Waals surface area (Å²) in [6.07, 6.45) is 4.97. The Labute approximate surface area is 109 Å². The summed E-state index contributed by atoms with van der Waals surface area (Å²) in [5.74, 6) is -0.272. The van der Waals surface area contributed by atoms with Gasteiger partial charge in [0.25, 0.3) is 11.1 Å². The Morgan fingerprint density at radius 3 is 3.00 bits per heavy atom. The highest BCUT2D eigenvalue weighted by molar-refractivity contribution is 8.18. The van der Waals surface area contributed by atoms with Crippen LogP contribution in [0.3, 0.4) is 0 Å². The minimum absolute atomic E-state index is 0.257. The third-order valence-electron chi connectivity index (χ3n) is 2.37. The fourth-order valence-corrected chi connectivity index (χ4v) is 2.35. The van der Waals surface area contributed by atoms with Gasteiger partial charge in [-0.15, -0.1) is 0 Å². The molecule has 0 saturated carbocycles. The maximum Gasteiger partial charge on any atom is 0.293 e. The van der Waals surface area contributed by atoms with E-state index in [-0.39, 0.29) is 17.7 Å². The molecule has 2 rings (SSSR count). The van der Waals surface area contributed by atoms with Gasteiger partial charge >= 0.3 is 0 Å². The smallest absolute Gasteiger partial charge is 0.293 e. The van der Waals surface area contributed by atoms with Gasteiger partial charge < -0.3 is 4.74 Å². The molecule has 1 aliphatic heterocycles. The average Bonchev–Trinajstić information content (AvgIpc) is 2.64. The number of hydrogen-bond donors (Lipinski definition) is 0. The average molecular weight is 264 g/mol. The number of ether oxygens (including phenoxy) is 1. The molecule has 0 radical (unpaired) electrons. The van der Waals surface area contributed by atoms with Crippen molar-refractivity contribution in [2.75, 3.05) is 20.3 Å². The zero-order valence-corrected chi connectivity index (χ0v) is 10.6. The van der Waals surface area contributed by atoms with E-state index < -0.39 is 0 Å². The summed E-state index contributed by atoms with van der Waals surface area (Å²) in [5, 5.41) is -0.257. The molecular formula is C12H12N2O3S. The first kappa shape index (κ1) is 12.8. The topological polar surface area (TPSA) is 59.5 Å². The Morgan fingerprint density at radius 2 is 2.33 bits per heavy atom. The van der Waals surface area contributed by atoms with Crippen molar-refractivity contribution in [1.82, 2.24) is 9.88 Å². The predicted molar refractivity (Wildman–Crippen MR) is 68.8 cm³/mol. The van der Waals surface area contributed by atoms with Crippen molar-refractivity contribution in [2.24, 2.45) is 0 Å². The number of carbonyl (C=O) groups excluding carboxylic acids is 2. The molecule has 94 valence electrons. The molecule has 1 aliphatic rings. The summed E-state index contributed by atoms with van der Waals surface area (Å²) in [4.78, 5) is 29.2. The molecule has 0 aromatic carbocycles. The summed E-state index contributed by atoms with van der Waals surface area (Å²) in [6.45, 7) is 0.629. The van der Waals surface area contributed by atoms with Crippen LogP contribution in [0.15, 0.2) is 29.4 Å². The van der Waals surface area contributed by atoms with Crippen molar-refractivity contribution in [3.63, 3.8) is 0 Å². The molecule has 5 nitrogen and oxygen atoms in total. The van der Waals surface area contributed by atoms with Crippen molar-refractivity contribution >= 4 is 29.0 Å². The fraction of sp³-hybridized carbons (Fsp3) is 0.250. The molecule has 0 bridgehead atoms.